The first-order chi connectivity index (χ1) is 14.7. The van der Waals surface area contributed by atoms with E-state index in [0.717, 1.165) is 32.7 Å². The maximum absolute atomic E-state index is 12.6. The fourth-order valence-electron chi connectivity index (χ4n) is 3.70. The van der Waals surface area contributed by atoms with Crippen LogP contribution in [0, 0.1) is 0 Å². The van der Waals surface area contributed by atoms with Crippen LogP contribution >= 0.6 is 0 Å². The average Bonchev–Trinajstić information content (AvgIpc) is 3.31. The Balaban J connectivity index is 1.24. The van der Waals surface area contributed by atoms with Crippen LogP contribution in [0.1, 0.15) is 18.4 Å². The van der Waals surface area contributed by atoms with Gasteiger partial charge in [0.2, 0.25) is 5.91 Å². The van der Waals surface area contributed by atoms with Crippen LogP contribution in [0.15, 0.2) is 70.1 Å². The second-order valence-electron chi connectivity index (χ2n) is 7.50. The fraction of sp³-hybridized carbons (Fsp3) is 0.348. The number of rotatable bonds is 7. The average molecular weight is 406 g/mol. The van der Waals surface area contributed by atoms with Gasteiger partial charge >= 0.3 is 0 Å². The minimum absolute atomic E-state index is 0.143. The zero-order chi connectivity index (χ0) is 20.8. The summed E-state index contributed by atoms with van der Waals surface area (Å²) in [4.78, 5) is 29.0. The molecule has 1 fully saturated rings. The summed E-state index contributed by atoms with van der Waals surface area (Å²) < 4.78 is 6.75. The Bertz CT molecular complexity index is 1010. The van der Waals surface area contributed by atoms with Gasteiger partial charge in [0, 0.05) is 51.8 Å². The molecule has 1 amide bonds. The molecule has 156 valence electrons. The van der Waals surface area contributed by atoms with Gasteiger partial charge in [0.1, 0.15) is 5.69 Å². The van der Waals surface area contributed by atoms with Gasteiger partial charge in [0.25, 0.3) is 5.56 Å². The van der Waals surface area contributed by atoms with Crippen LogP contribution in [0.4, 0.5) is 0 Å². The van der Waals surface area contributed by atoms with E-state index in [2.05, 4.69) is 34.3 Å². The maximum atomic E-state index is 12.6. The minimum Gasteiger partial charge on any atom is -0.463 e. The van der Waals surface area contributed by atoms with Crippen molar-refractivity contribution in [1.82, 2.24) is 19.6 Å². The van der Waals surface area contributed by atoms with Crippen LogP contribution < -0.4 is 5.56 Å². The first-order valence-electron chi connectivity index (χ1n) is 10.4. The summed E-state index contributed by atoms with van der Waals surface area (Å²) in [6.45, 7) is 4.59. The highest BCUT2D eigenvalue weighted by molar-refractivity contribution is 5.76. The summed E-state index contributed by atoms with van der Waals surface area (Å²) in [6, 6.07) is 17.1. The third-order valence-corrected chi connectivity index (χ3v) is 5.37. The lowest BCUT2D eigenvalue weighted by atomic mass is 10.2. The number of aromatic nitrogens is 2. The lowest BCUT2D eigenvalue weighted by Crippen LogP contribution is -2.48. The second-order valence-corrected chi connectivity index (χ2v) is 7.50. The van der Waals surface area contributed by atoms with Crippen LogP contribution in [0.2, 0.25) is 0 Å². The molecule has 0 bridgehead atoms. The Morgan fingerprint density at radius 1 is 0.967 bits per heavy atom. The highest BCUT2D eigenvalue weighted by Crippen LogP contribution is 2.15. The van der Waals surface area contributed by atoms with E-state index in [1.807, 2.05) is 11.0 Å². The Morgan fingerprint density at radius 2 is 1.77 bits per heavy atom. The van der Waals surface area contributed by atoms with E-state index < -0.39 is 0 Å². The van der Waals surface area contributed by atoms with Gasteiger partial charge in [-0.05, 0) is 30.2 Å². The molecule has 7 heteroatoms. The van der Waals surface area contributed by atoms with Crippen molar-refractivity contribution in [3.63, 3.8) is 0 Å². The number of hydrogen-bond donors (Lipinski definition) is 0. The monoisotopic (exact) mass is 406 g/mol. The Morgan fingerprint density at radius 3 is 2.50 bits per heavy atom. The van der Waals surface area contributed by atoms with E-state index in [4.69, 9.17) is 4.42 Å². The molecule has 1 aliphatic rings. The molecular formula is C23H26N4O3. The predicted molar refractivity (Wildman–Crippen MR) is 114 cm³/mol. The van der Waals surface area contributed by atoms with Gasteiger partial charge in [-0.15, -0.1) is 0 Å². The van der Waals surface area contributed by atoms with Crippen molar-refractivity contribution in [3.05, 3.63) is 76.8 Å². The number of nitrogens with zero attached hydrogens (tertiary/aromatic N) is 4. The molecule has 0 atom stereocenters. The van der Waals surface area contributed by atoms with Crippen LogP contribution in [0.25, 0.3) is 11.5 Å². The second kappa shape index (κ2) is 9.54. The number of carbonyl (C=O) groups excluding carboxylic acids is 1. The van der Waals surface area contributed by atoms with E-state index in [0.29, 0.717) is 30.8 Å². The first-order valence-corrected chi connectivity index (χ1v) is 10.4. The van der Waals surface area contributed by atoms with Gasteiger partial charge < -0.3 is 9.32 Å². The number of carbonyl (C=O) groups is 1. The summed E-state index contributed by atoms with van der Waals surface area (Å²) in [6.07, 6.45) is 2.57. The number of furan rings is 1. The van der Waals surface area contributed by atoms with Crippen molar-refractivity contribution >= 4 is 5.91 Å². The van der Waals surface area contributed by atoms with Crippen molar-refractivity contribution in [3.8, 4) is 11.5 Å². The van der Waals surface area contributed by atoms with E-state index in [1.165, 1.54) is 16.3 Å². The van der Waals surface area contributed by atoms with Crippen LogP contribution in [0.5, 0.6) is 0 Å². The van der Waals surface area contributed by atoms with E-state index in [-0.39, 0.29) is 11.5 Å². The van der Waals surface area contributed by atoms with E-state index in [1.54, 1.807) is 24.5 Å². The molecule has 3 heterocycles. The third kappa shape index (κ3) is 5.04. The fourth-order valence-corrected chi connectivity index (χ4v) is 3.70. The first kappa shape index (κ1) is 20.1. The highest BCUT2D eigenvalue weighted by atomic mass is 16.3. The number of amides is 1. The number of hydrogen-bond acceptors (Lipinski definition) is 5. The SMILES string of the molecule is O=C(CCCn1nc(-c2ccco2)ccc1=O)N1CCN(Cc2ccccc2)CC1. The van der Waals surface area contributed by atoms with Crippen molar-refractivity contribution in [1.29, 1.82) is 0 Å². The molecular weight excluding hydrogens is 380 g/mol. The largest absolute Gasteiger partial charge is 0.463 e. The van der Waals surface area contributed by atoms with Gasteiger partial charge in [0.15, 0.2) is 5.76 Å². The molecule has 0 saturated carbocycles. The lowest BCUT2D eigenvalue weighted by molar-refractivity contribution is -0.133. The highest BCUT2D eigenvalue weighted by Gasteiger charge is 2.20. The van der Waals surface area contributed by atoms with Crippen LogP contribution in [-0.2, 0) is 17.9 Å². The Kier molecular flexibility index (Phi) is 6.39. The van der Waals surface area contributed by atoms with Gasteiger partial charge in [-0.2, -0.15) is 5.10 Å². The zero-order valence-corrected chi connectivity index (χ0v) is 16.9. The lowest BCUT2D eigenvalue weighted by Gasteiger charge is -2.34. The predicted octanol–water partition coefficient (Wildman–Crippen LogP) is 2.63. The summed E-state index contributed by atoms with van der Waals surface area (Å²) in [5.74, 6) is 0.762. The van der Waals surface area contributed by atoms with Gasteiger partial charge in [-0.1, -0.05) is 30.3 Å². The van der Waals surface area contributed by atoms with Crippen LogP contribution in [-0.4, -0.2) is 51.7 Å². The standard InChI is InChI=1S/C23H26N4O3/c28-22(26-15-13-25(14-16-26)18-19-6-2-1-3-7-19)9-4-12-27-23(29)11-10-20(24-27)21-8-5-17-30-21/h1-3,5-8,10-11,17H,4,9,12-16,18H2. The van der Waals surface area contributed by atoms with Crippen molar-refractivity contribution in [2.45, 2.75) is 25.9 Å². The molecule has 4 rings (SSSR count). The van der Waals surface area contributed by atoms with E-state index >= 15 is 0 Å². The number of piperazine rings is 1. The molecule has 1 saturated heterocycles. The summed E-state index contributed by atoms with van der Waals surface area (Å²) in [5.41, 5.74) is 1.74. The minimum atomic E-state index is -0.174. The quantitative estimate of drug-likeness (QED) is 0.603. The van der Waals surface area contributed by atoms with Crippen LogP contribution in [0.3, 0.4) is 0 Å². The van der Waals surface area contributed by atoms with Crippen molar-refractivity contribution < 1.29 is 9.21 Å². The van der Waals surface area contributed by atoms with Gasteiger partial charge in [-0.25, -0.2) is 4.68 Å². The Labute approximate surface area is 175 Å². The molecule has 3 aromatic rings. The van der Waals surface area contributed by atoms with Gasteiger partial charge in [0.05, 0.1) is 6.26 Å². The van der Waals surface area contributed by atoms with Crippen molar-refractivity contribution in [2.75, 3.05) is 26.2 Å². The molecule has 0 unspecified atom stereocenters. The van der Waals surface area contributed by atoms with Gasteiger partial charge in [-0.3, -0.25) is 14.5 Å². The molecule has 1 aliphatic heterocycles. The third-order valence-electron chi connectivity index (χ3n) is 5.37. The zero-order valence-electron chi connectivity index (χ0n) is 16.9. The molecule has 7 nitrogen and oxygen atoms in total. The molecule has 0 N–H and O–H groups in total. The molecule has 0 aliphatic carbocycles. The molecule has 0 radical (unpaired) electrons. The normalized spacial score (nSPS) is 14.7. The maximum Gasteiger partial charge on any atom is 0.266 e. The summed E-state index contributed by atoms with van der Waals surface area (Å²) >= 11 is 0. The van der Waals surface area contributed by atoms with E-state index in [9.17, 15) is 9.59 Å². The number of aryl methyl sites for hydroxylation is 1. The molecule has 2 aromatic heterocycles. The molecule has 0 spiro atoms. The number of benzene rings is 1. The smallest absolute Gasteiger partial charge is 0.266 e. The topological polar surface area (TPSA) is 71.6 Å². The summed E-state index contributed by atoms with van der Waals surface area (Å²) in [5, 5.41) is 4.35. The molecule has 1 aromatic carbocycles. The summed E-state index contributed by atoms with van der Waals surface area (Å²) in [7, 11) is 0. The molecule has 30 heavy (non-hydrogen) atoms. The Hall–Kier alpha value is -3.19. The van der Waals surface area contributed by atoms with Crippen molar-refractivity contribution in [2.24, 2.45) is 0 Å².